The van der Waals surface area contributed by atoms with Gasteiger partial charge in [0.2, 0.25) is 0 Å². The summed E-state index contributed by atoms with van der Waals surface area (Å²) in [6.07, 6.45) is 2.63. The molecule has 26 heavy (non-hydrogen) atoms. The van der Waals surface area contributed by atoms with Crippen LogP contribution in [-0.2, 0) is 4.79 Å². The van der Waals surface area contributed by atoms with E-state index in [2.05, 4.69) is 10.9 Å². The second-order valence-electron chi connectivity index (χ2n) is 5.32. The van der Waals surface area contributed by atoms with E-state index in [-0.39, 0.29) is 0 Å². The molecule has 3 rings (SSSR count). The summed E-state index contributed by atoms with van der Waals surface area (Å²) in [7, 11) is 0. The van der Waals surface area contributed by atoms with Gasteiger partial charge in [-0.25, -0.2) is 4.39 Å². The van der Waals surface area contributed by atoms with E-state index >= 15 is 0 Å². The summed E-state index contributed by atoms with van der Waals surface area (Å²) in [5.74, 6) is -0.600. The summed E-state index contributed by atoms with van der Waals surface area (Å²) in [5.41, 5.74) is 5.34. The molecule has 5 nitrogen and oxygen atoms in total. The van der Waals surface area contributed by atoms with Crippen LogP contribution in [0, 0.1) is 5.82 Å². The maximum Gasteiger partial charge on any atom is 0.269 e. The highest BCUT2D eigenvalue weighted by molar-refractivity contribution is 5.97. The minimum atomic E-state index is -0.530. The van der Waals surface area contributed by atoms with Crippen LogP contribution < -0.4 is 10.9 Å². The van der Waals surface area contributed by atoms with Gasteiger partial charge in [0.25, 0.3) is 11.8 Å². The molecule has 0 radical (unpaired) electrons. The van der Waals surface area contributed by atoms with E-state index in [4.69, 9.17) is 4.42 Å². The number of carbonyl (C=O) groups excluding carboxylic acids is 2. The molecule has 0 unspecified atom stereocenters. The molecule has 6 heteroatoms. The Morgan fingerprint density at radius 2 is 1.62 bits per heavy atom. The van der Waals surface area contributed by atoms with Crippen molar-refractivity contribution < 1.29 is 18.4 Å². The van der Waals surface area contributed by atoms with E-state index in [0.29, 0.717) is 22.6 Å². The molecule has 0 bridgehead atoms. The van der Waals surface area contributed by atoms with Crippen LogP contribution in [-0.4, -0.2) is 11.8 Å². The number of hydrazine groups is 1. The van der Waals surface area contributed by atoms with Crippen LogP contribution in [0.4, 0.5) is 4.39 Å². The molecule has 3 aromatic rings. The molecule has 0 fully saturated rings. The van der Waals surface area contributed by atoms with Gasteiger partial charge >= 0.3 is 0 Å². The molecule has 0 saturated heterocycles. The second-order valence-corrected chi connectivity index (χ2v) is 5.32. The van der Waals surface area contributed by atoms with E-state index in [9.17, 15) is 14.0 Å². The zero-order valence-electron chi connectivity index (χ0n) is 13.6. The Labute approximate surface area is 149 Å². The van der Waals surface area contributed by atoms with Gasteiger partial charge in [0.1, 0.15) is 17.3 Å². The average molecular weight is 350 g/mol. The first-order valence-corrected chi connectivity index (χ1v) is 7.81. The van der Waals surface area contributed by atoms with Crippen molar-refractivity contribution >= 4 is 17.9 Å². The molecular formula is C20H15FN2O3. The van der Waals surface area contributed by atoms with Gasteiger partial charge in [-0.05, 0) is 42.5 Å². The van der Waals surface area contributed by atoms with Crippen LogP contribution in [0.2, 0.25) is 0 Å². The summed E-state index contributed by atoms with van der Waals surface area (Å²) >= 11 is 0. The number of carbonyl (C=O) groups is 2. The lowest BCUT2D eigenvalue weighted by atomic mass is 10.1. The number of rotatable bonds is 4. The van der Waals surface area contributed by atoms with Gasteiger partial charge in [-0.1, -0.05) is 30.3 Å². The highest BCUT2D eigenvalue weighted by Gasteiger charge is 2.08. The number of amides is 2. The Morgan fingerprint density at radius 3 is 2.38 bits per heavy atom. The molecule has 2 N–H and O–H groups in total. The van der Waals surface area contributed by atoms with Gasteiger partial charge in [0.15, 0.2) is 0 Å². The number of hydrogen-bond acceptors (Lipinski definition) is 3. The van der Waals surface area contributed by atoms with E-state index in [1.165, 1.54) is 18.2 Å². The lowest BCUT2D eigenvalue weighted by molar-refractivity contribution is -0.117. The lowest BCUT2D eigenvalue weighted by Gasteiger charge is -2.04. The molecule has 130 valence electrons. The summed E-state index contributed by atoms with van der Waals surface area (Å²) in [6, 6.07) is 18.0. The monoisotopic (exact) mass is 350 g/mol. The normalized spacial score (nSPS) is 10.7. The predicted octanol–water partition coefficient (Wildman–Crippen LogP) is 3.56. The Kier molecular flexibility index (Phi) is 5.24. The van der Waals surface area contributed by atoms with E-state index in [0.717, 1.165) is 0 Å². The molecule has 1 heterocycles. The molecule has 0 spiro atoms. The largest absolute Gasteiger partial charge is 0.457 e. The molecule has 0 aliphatic heterocycles. The van der Waals surface area contributed by atoms with Crippen molar-refractivity contribution in [2.75, 3.05) is 0 Å². The predicted molar refractivity (Wildman–Crippen MR) is 95.2 cm³/mol. The van der Waals surface area contributed by atoms with Crippen LogP contribution in [0.3, 0.4) is 0 Å². The fraction of sp³-hybridized carbons (Fsp3) is 0. The zero-order valence-corrected chi connectivity index (χ0v) is 13.6. The molecule has 0 aliphatic rings. The maximum absolute atomic E-state index is 13.7. The van der Waals surface area contributed by atoms with Gasteiger partial charge in [0.05, 0.1) is 5.56 Å². The minimum Gasteiger partial charge on any atom is -0.457 e. The van der Waals surface area contributed by atoms with Crippen molar-refractivity contribution in [3.63, 3.8) is 0 Å². The van der Waals surface area contributed by atoms with Crippen LogP contribution in [0.5, 0.6) is 0 Å². The molecule has 1 aromatic heterocycles. The fourth-order valence-corrected chi connectivity index (χ4v) is 2.23. The number of halogens is 1. The van der Waals surface area contributed by atoms with Crippen LogP contribution in [0.15, 0.2) is 77.2 Å². The fourth-order valence-electron chi connectivity index (χ4n) is 2.23. The SMILES string of the molecule is O=C(/C=C/c1ccc(-c2ccccc2F)o1)NNC(=O)c1ccccc1. The molecule has 2 amide bonds. The first-order valence-electron chi connectivity index (χ1n) is 7.81. The number of furan rings is 1. The third-order valence-corrected chi connectivity index (χ3v) is 3.50. The number of benzene rings is 2. The van der Waals surface area contributed by atoms with E-state index < -0.39 is 17.6 Å². The van der Waals surface area contributed by atoms with Crippen molar-refractivity contribution in [2.45, 2.75) is 0 Å². The van der Waals surface area contributed by atoms with Gasteiger partial charge < -0.3 is 4.42 Å². The minimum absolute atomic E-state index is 0.340. The number of hydrogen-bond donors (Lipinski definition) is 2. The van der Waals surface area contributed by atoms with Gasteiger partial charge in [-0.15, -0.1) is 0 Å². The average Bonchev–Trinajstić information content (AvgIpc) is 3.14. The molecule has 0 atom stereocenters. The standard InChI is InChI=1S/C20H15FN2O3/c21-17-9-5-4-8-16(17)18-12-10-15(26-18)11-13-19(24)22-23-20(25)14-6-2-1-3-7-14/h1-13H,(H,22,24)(H,23,25)/b13-11+. The van der Waals surface area contributed by atoms with Gasteiger partial charge in [-0.2, -0.15) is 0 Å². The summed E-state index contributed by atoms with van der Waals surface area (Å²) in [6.45, 7) is 0. The Balaban J connectivity index is 1.57. The molecule has 0 saturated carbocycles. The lowest BCUT2D eigenvalue weighted by Crippen LogP contribution is -2.40. The van der Waals surface area contributed by atoms with Crippen molar-refractivity contribution in [2.24, 2.45) is 0 Å². The molecule has 2 aromatic carbocycles. The Hall–Kier alpha value is -3.67. The third kappa shape index (κ3) is 4.24. The Morgan fingerprint density at radius 1 is 0.885 bits per heavy atom. The molecule has 0 aliphatic carbocycles. The smallest absolute Gasteiger partial charge is 0.269 e. The number of nitrogens with one attached hydrogen (secondary N) is 2. The van der Waals surface area contributed by atoms with Crippen LogP contribution >= 0.6 is 0 Å². The van der Waals surface area contributed by atoms with Gasteiger partial charge in [-0.3, -0.25) is 20.4 Å². The van der Waals surface area contributed by atoms with Crippen molar-refractivity contribution in [1.82, 2.24) is 10.9 Å². The molecular weight excluding hydrogens is 335 g/mol. The van der Waals surface area contributed by atoms with E-state index in [1.54, 1.807) is 60.7 Å². The first kappa shape index (κ1) is 17.2. The van der Waals surface area contributed by atoms with Crippen LogP contribution in [0.1, 0.15) is 16.1 Å². The second kappa shape index (κ2) is 7.94. The summed E-state index contributed by atoms with van der Waals surface area (Å²) < 4.78 is 19.2. The quantitative estimate of drug-likeness (QED) is 0.558. The van der Waals surface area contributed by atoms with Crippen LogP contribution in [0.25, 0.3) is 17.4 Å². The van der Waals surface area contributed by atoms with Gasteiger partial charge in [0, 0.05) is 11.6 Å². The zero-order chi connectivity index (χ0) is 18.4. The summed E-state index contributed by atoms with van der Waals surface area (Å²) in [4.78, 5) is 23.6. The van der Waals surface area contributed by atoms with Crippen molar-refractivity contribution in [3.05, 3.63) is 89.9 Å². The first-order chi connectivity index (χ1) is 12.6. The highest BCUT2D eigenvalue weighted by atomic mass is 19.1. The Bertz CT molecular complexity index is 948. The topological polar surface area (TPSA) is 71.3 Å². The van der Waals surface area contributed by atoms with E-state index in [1.807, 2.05) is 0 Å². The summed E-state index contributed by atoms with van der Waals surface area (Å²) in [5, 5.41) is 0. The highest BCUT2D eigenvalue weighted by Crippen LogP contribution is 2.25. The van der Waals surface area contributed by atoms with Crippen molar-refractivity contribution in [1.29, 1.82) is 0 Å². The van der Waals surface area contributed by atoms with Crippen molar-refractivity contribution in [3.8, 4) is 11.3 Å². The maximum atomic E-state index is 13.7. The third-order valence-electron chi connectivity index (χ3n) is 3.50.